The molecule has 0 saturated carbocycles. The Labute approximate surface area is 169 Å². The van der Waals surface area contributed by atoms with Crippen molar-refractivity contribution in [1.82, 2.24) is 14.3 Å². The smallest absolute Gasteiger partial charge is 0.255 e. The predicted molar refractivity (Wildman–Crippen MR) is 110 cm³/mol. The first-order valence-corrected chi connectivity index (χ1v) is 9.71. The molecule has 1 fully saturated rings. The van der Waals surface area contributed by atoms with Crippen LogP contribution in [0.5, 0.6) is 0 Å². The van der Waals surface area contributed by atoms with Crippen LogP contribution in [0, 0.1) is 33.5 Å². The van der Waals surface area contributed by atoms with Gasteiger partial charge >= 0.3 is 0 Å². The van der Waals surface area contributed by atoms with Crippen molar-refractivity contribution in [2.75, 3.05) is 18.4 Å². The Balaban J connectivity index is 1.72. The highest BCUT2D eigenvalue weighted by atomic mass is 19.1. The molecule has 0 unspecified atom stereocenters. The van der Waals surface area contributed by atoms with Gasteiger partial charge in [0.05, 0.1) is 23.0 Å². The van der Waals surface area contributed by atoms with Crippen molar-refractivity contribution in [3.63, 3.8) is 0 Å². The third-order valence-electron chi connectivity index (χ3n) is 5.81. The molecule has 6 nitrogen and oxygen atoms in total. The molecule has 0 atom stereocenters. The lowest BCUT2D eigenvalue weighted by atomic mass is 10.0. The maximum absolute atomic E-state index is 14.0. The highest BCUT2D eigenvalue weighted by Crippen LogP contribution is 2.26. The number of rotatable bonds is 4. The van der Waals surface area contributed by atoms with Gasteiger partial charge in [-0.05, 0) is 56.5 Å². The molecule has 1 aliphatic heterocycles. The van der Waals surface area contributed by atoms with E-state index in [9.17, 15) is 14.3 Å². The fourth-order valence-electron chi connectivity index (χ4n) is 3.74. The summed E-state index contributed by atoms with van der Waals surface area (Å²) >= 11 is 0. The zero-order chi connectivity index (χ0) is 20.9. The number of aliphatic hydroxyl groups excluding tert-OH is 1. The molecular weight excluding hydrogens is 371 g/mol. The Bertz CT molecular complexity index is 1120. The maximum Gasteiger partial charge on any atom is 0.255 e. The molecule has 1 aromatic carbocycles. The van der Waals surface area contributed by atoms with Gasteiger partial charge in [-0.2, -0.15) is 0 Å². The normalized spacial score (nSPS) is 14.3. The SMILES string of the molecule is Cc1ccc(F)c(C)c1CNc1cc(C(=O)N2CC(O)C2)cn2c(C)c(C)nc12. The predicted octanol–water partition coefficient (Wildman–Crippen LogP) is 3.14. The molecule has 29 heavy (non-hydrogen) atoms. The lowest BCUT2D eigenvalue weighted by Gasteiger charge is -2.35. The third-order valence-corrected chi connectivity index (χ3v) is 5.81. The molecule has 0 bridgehead atoms. The van der Waals surface area contributed by atoms with Crippen LogP contribution in [-0.4, -0.2) is 44.5 Å². The van der Waals surface area contributed by atoms with Crippen LogP contribution in [0.4, 0.5) is 10.1 Å². The minimum absolute atomic E-state index is 0.121. The number of hydrogen-bond donors (Lipinski definition) is 2. The van der Waals surface area contributed by atoms with Crippen molar-refractivity contribution < 1.29 is 14.3 Å². The number of β-amino-alcohol motifs (C(OH)–C–C–N with tert-alkyl or cyclic N) is 1. The summed E-state index contributed by atoms with van der Waals surface area (Å²) in [7, 11) is 0. The van der Waals surface area contributed by atoms with Gasteiger partial charge in [0.2, 0.25) is 0 Å². The van der Waals surface area contributed by atoms with Crippen molar-refractivity contribution in [2.24, 2.45) is 0 Å². The number of carbonyl (C=O) groups is 1. The van der Waals surface area contributed by atoms with E-state index < -0.39 is 6.10 Å². The number of aliphatic hydroxyl groups is 1. The molecule has 0 spiro atoms. The second kappa shape index (κ2) is 7.15. The number of aromatic nitrogens is 2. The number of amides is 1. The lowest BCUT2D eigenvalue weighted by Crippen LogP contribution is -2.53. The van der Waals surface area contributed by atoms with Crippen LogP contribution in [0.25, 0.3) is 5.65 Å². The van der Waals surface area contributed by atoms with Crippen molar-refractivity contribution >= 4 is 17.2 Å². The second-order valence-corrected chi connectivity index (χ2v) is 7.80. The standard InChI is InChI=1S/C22H25FN4O2/c1-12-5-6-19(23)13(2)18(12)8-24-20-7-16(22(29)26-10-17(28)11-26)9-27-15(4)14(3)25-21(20)27/h5-7,9,17,24,28H,8,10-11H2,1-4H3. The topological polar surface area (TPSA) is 69.9 Å². The summed E-state index contributed by atoms with van der Waals surface area (Å²) in [4.78, 5) is 19.1. The molecule has 3 aromatic rings. The van der Waals surface area contributed by atoms with Crippen LogP contribution in [0.15, 0.2) is 24.4 Å². The van der Waals surface area contributed by atoms with Gasteiger partial charge in [0, 0.05) is 31.5 Å². The summed E-state index contributed by atoms with van der Waals surface area (Å²) in [6.45, 7) is 8.75. The van der Waals surface area contributed by atoms with E-state index in [0.29, 0.717) is 30.8 Å². The van der Waals surface area contributed by atoms with Gasteiger partial charge in [0.1, 0.15) is 5.82 Å². The number of imidazole rings is 1. The zero-order valence-electron chi connectivity index (χ0n) is 17.1. The van der Waals surface area contributed by atoms with Crippen LogP contribution >= 0.6 is 0 Å². The number of hydrogen-bond acceptors (Lipinski definition) is 4. The average molecular weight is 396 g/mol. The van der Waals surface area contributed by atoms with Crippen molar-refractivity contribution in [2.45, 2.75) is 40.3 Å². The van der Waals surface area contributed by atoms with Crippen molar-refractivity contribution in [3.05, 3.63) is 63.9 Å². The fraction of sp³-hybridized carbons (Fsp3) is 0.364. The Morgan fingerprint density at radius 1 is 1.28 bits per heavy atom. The van der Waals surface area contributed by atoms with Crippen LogP contribution in [0.2, 0.25) is 0 Å². The van der Waals surface area contributed by atoms with Crippen LogP contribution in [0.1, 0.15) is 38.4 Å². The van der Waals surface area contributed by atoms with Crippen LogP contribution in [-0.2, 0) is 6.54 Å². The summed E-state index contributed by atoms with van der Waals surface area (Å²) in [5.74, 6) is -0.352. The Morgan fingerprint density at radius 2 is 2.00 bits per heavy atom. The number of carbonyl (C=O) groups excluding carboxylic acids is 1. The van der Waals surface area contributed by atoms with E-state index in [0.717, 1.165) is 33.8 Å². The van der Waals surface area contributed by atoms with E-state index in [1.54, 1.807) is 30.2 Å². The maximum atomic E-state index is 14.0. The van der Waals surface area contributed by atoms with E-state index in [4.69, 9.17) is 0 Å². The van der Waals surface area contributed by atoms with E-state index in [2.05, 4.69) is 10.3 Å². The number of nitrogens with zero attached hydrogens (tertiary/aromatic N) is 3. The van der Waals surface area contributed by atoms with E-state index >= 15 is 0 Å². The third kappa shape index (κ3) is 3.35. The van der Waals surface area contributed by atoms with E-state index in [1.165, 1.54) is 6.07 Å². The first-order chi connectivity index (χ1) is 13.8. The van der Waals surface area contributed by atoms with Gasteiger partial charge in [0.15, 0.2) is 5.65 Å². The molecule has 152 valence electrons. The van der Waals surface area contributed by atoms with E-state index in [1.807, 2.05) is 25.2 Å². The molecular formula is C22H25FN4O2. The number of likely N-dealkylation sites (tertiary alicyclic amines) is 1. The summed E-state index contributed by atoms with van der Waals surface area (Å²) < 4.78 is 15.9. The van der Waals surface area contributed by atoms with Gasteiger partial charge in [-0.25, -0.2) is 9.37 Å². The van der Waals surface area contributed by atoms with E-state index in [-0.39, 0.29) is 11.7 Å². The van der Waals surface area contributed by atoms with Crippen molar-refractivity contribution in [1.29, 1.82) is 0 Å². The molecule has 3 heterocycles. The van der Waals surface area contributed by atoms with Gasteiger partial charge in [-0.15, -0.1) is 0 Å². The number of anilines is 1. The number of pyridine rings is 1. The van der Waals surface area contributed by atoms with Gasteiger partial charge in [-0.3, -0.25) is 4.79 Å². The zero-order valence-corrected chi connectivity index (χ0v) is 17.1. The van der Waals surface area contributed by atoms with Gasteiger partial charge in [0.25, 0.3) is 5.91 Å². The molecule has 1 aliphatic rings. The first-order valence-electron chi connectivity index (χ1n) is 9.71. The molecule has 7 heteroatoms. The monoisotopic (exact) mass is 396 g/mol. The number of aryl methyl sites for hydroxylation is 3. The summed E-state index contributed by atoms with van der Waals surface area (Å²) in [6.07, 6.45) is 1.35. The van der Waals surface area contributed by atoms with Gasteiger partial charge in [-0.1, -0.05) is 6.07 Å². The molecule has 0 aliphatic carbocycles. The van der Waals surface area contributed by atoms with Crippen molar-refractivity contribution in [3.8, 4) is 0 Å². The van der Waals surface area contributed by atoms with Crippen LogP contribution in [0.3, 0.4) is 0 Å². The fourth-order valence-corrected chi connectivity index (χ4v) is 3.74. The Hall–Kier alpha value is -2.93. The Morgan fingerprint density at radius 3 is 2.69 bits per heavy atom. The number of halogens is 1. The minimum Gasteiger partial charge on any atom is -0.389 e. The van der Waals surface area contributed by atoms with Gasteiger partial charge < -0.3 is 19.7 Å². The summed E-state index contributed by atoms with van der Waals surface area (Å²) in [5.41, 5.74) is 6.33. The molecule has 2 aromatic heterocycles. The average Bonchev–Trinajstić information content (AvgIpc) is 2.96. The largest absolute Gasteiger partial charge is 0.389 e. The quantitative estimate of drug-likeness (QED) is 0.711. The molecule has 2 N–H and O–H groups in total. The minimum atomic E-state index is -0.448. The summed E-state index contributed by atoms with van der Waals surface area (Å²) in [6, 6.07) is 5.04. The summed E-state index contributed by atoms with van der Waals surface area (Å²) in [5, 5.41) is 12.9. The second-order valence-electron chi connectivity index (χ2n) is 7.80. The molecule has 0 radical (unpaired) electrons. The number of fused-ring (bicyclic) bond motifs is 1. The molecule has 1 saturated heterocycles. The Kier molecular flexibility index (Phi) is 4.78. The number of benzene rings is 1. The molecule has 4 rings (SSSR count). The lowest BCUT2D eigenvalue weighted by molar-refractivity contribution is 0.00586. The van der Waals surface area contributed by atoms with Crippen LogP contribution < -0.4 is 5.32 Å². The highest BCUT2D eigenvalue weighted by Gasteiger charge is 2.30. The highest BCUT2D eigenvalue weighted by molar-refractivity contribution is 5.96. The first kappa shape index (κ1) is 19.4. The number of nitrogens with one attached hydrogen (secondary N) is 1. The molecule has 1 amide bonds.